The number of halogens is 1. The molecule has 0 amide bonds. The van der Waals surface area contributed by atoms with Gasteiger partial charge in [-0.15, -0.1) is 0 Å². The predicted octanol–water partition coefficient (Wildman–Crippen LogP) is 8.63. The molecule has 1 aliphatic carbocycles. The van der Waals surface area contributed by atoms with E-state index in [0.717, 1.165) is 24.3 Å². The first-order valence-corrected chi connectivity index (χ1v) is 15.4. The topological polar surface area (TPSA) is 34.2 Å². The van der Waals surface area contributed by atoms with Gasteiger partial charge in [0.1, 0.15) is 11.5 Å². The largest absolute Gasteiger partial charge is 0.497 e. The number of hydrogen-bond acceptors (Lipinski definition) is 5. The van der Waals surface area contributed by atoms with Gasteiger partial charge in [-0.3, -0.25) is 0 Å². The van der Waals surface area contributed by atoms with E-state index in [4.69, 9.17) is 14.2 Å². The number of nitrogens with zero attached hydrogens (tertiary/aromatic N) is 2. The molecule has 1 atom stereocenters. The van der Waals surface area contributed by atoms with Gasteiger partial charge >= 0.3 is 0 Å². The maximum absolute atomic E-state index is 6.39. The zero-order chi connectivity index (χ0) is 30.8. The molecule has 0 N–H and O–H groups in total. The molecule has 0 aromatic heterocycles. The molecular weight excluding hydrogens is 588 g/mol. The lowest BCUT2D eigenvalue weighted by molar-refractivity contribution is -0.0129. The number of rotatable bonds is 6. The lowest BCUT2D eigenvalue weighted by atomic mass is 9.76. The van der Waals surface area contributed by atoms with Gasteiger partial charge in [-0.25, -0.2) is 0 Å². The molecule has 0 fully saturated rings. The van der Waals surface area contributed by atoms with Crippen LogP contribution < -0.4 is 19.3 Å². The third kappa shape index (κ3) is 4.36. The molecule has 42 heavy (non-hydrogen) atoms. The van der Waals surface area contributed by atoms with Crippen LogP contribution in [0.1, 0.15) is 62.8 Å². The van der Waals surface area contributed by atoms with E-state index in [-0.39, 0.29) is 10.8 Å². The Kier molecular flexibility index (Phi) is 7.72. The Hall–Kier alpha value is -2.96. The Balaban J connectivity index is 1.48. The second kappa shape index (κ2) is 10.6. The van der Waals surface area contributed by atoms with Gasteiger partial charge in [-0.05, 0) is 96.5 Å². The van der Waals surface area contributed by atoms with Crippen molar-refractivity contribution in [2.75, 3.05) is 45.2 Å². The first-order chi connectivity index (χ1) is 19.7. The van der Waals surface area contributed by atoms with Crippen molar-refractivity contribution in [2.24, 2.45) is 0 Å². The predicted molar refractivity (Wildman–Crippen MR) is 179 cm³/mol. The molecule has 6 heteroatoms. The molecule has 5 rings (SSSR count). The van der Waals surface area contributed by atoms with Gasteiger partial charge in [-0.1, -0.05) is 55.8 Å². The molecule has 2 aromatic rings. The molecule has 0 saturated heterocycles. The van der Waals surface area contributed by atoms with Crippen LogP contribution in [-0.2, 0) is 15.6 Å². The third-order valence-electron chi connectivity index (χ3n) is 9.92. The smallest absolute Gasteiger partial charge is 0.169 e. The van der Waals surface area contributed by atoms with Crippen LogP contribution in [0.4, 0.5) is 11.4 Å². The molecule has 0 saturated carbocycles. The summed E-state index contributed by atoms with van der Waals surface area (Å²) >= 11 is 3.96. The molecule has 5 nitrogen and oxygen atoms in total. The van der Waals surface area contributed by atoms with Crippen molar-refractivity contribution in [3.05, 3.63) is 92.1 Å². The number of methoxy groups -OCH3 is 3. The summed E-state index contributed by atoms with van der Waals surface area (Å²) < 4.78 is 18.8. The number of aryl methyl sites for hydroxylation is 2. The number of allylic oxidation sites excluding steroid dienone is 7. The Bertz CT molecular complexity index is 1560. The van der Waals surface area contributed by atoms with E-state index in [9.17, 15) is 0 Å². The highest BCUT2D eigenvalue weighted by Gasteiger charge is 2.55. The molecule has 0 bridgehead atoms. The molecule has 0 radical (unpaired) electrons. The van der Waals surface area contributed by atoms with Gasteiger partial charge in [0.25, 0.3) is 0 Å². The number of fused-ring (bicyclic) bond motifs is 2. The van der Waals surface area contributed by atoms with E-state index in [1.807, 2.05) is 7.11 Å². The molecular formula is C36H45BrN2O3. The van der Waals surface area contributed by atoms with Crippen LogP contribution in [-0.4, -0.2) is 41.1 Å². The fourth-order valence-corrected chi connectivity index (χ4v) is 8.19. The number of ether oxygens (including phenoxy) is 3. The number of hydrogen-bond donors (Lipinski definition) is 0. The van der Waals surface area contributed by atoms with Crippen molar-refractivity contribution >= 4 is 27.3 Å². The quantitative estimate of drug-likeness (QED) is 0.318. The zero-order valence-corrected chi connectivity index (χ0v) is 28.6. The number of likely N-dealkylation sites (N-methyl/N-ethyl adjacent to an activating group) is 2. The average molecular weight is 634 g/mol. The van der Waals surface area contributed by atoms with Crippen molar-refractivity contribution in [1.29, 1.82) is 0 Å². The van der Waals surface area contributed by atoms with E-state index in [1.165, 1.54) is 55.0 Å². The highest BCUT2D eigenvalue weighted by molar-refractivity contribution is 9.12. The van der Waals surface area contributed by atoms with Crippen LogP contribution in [0.15, 0.2) is 69.9 Å². The SMILES string of the molecule is COc1cc(C)c2c(c1)C(C)(C)C(=CC=C1CCC(C=CC3(OC)N(C)c4c(C)cc(OC)cc4C3(C)C)=C1Br)N2C. The van der Waals surface area contributed by atoms with Crippen molar-refractivity contribution in [3.8, 4) is 11.5 Å². The third-order valence-corrected chi connectivity index (χ3v) is 10.9. The molecule has 2 aromatic carbocycles. The number of benzene rings is 2. The Morgan fingerprint density at radius 1 is 0.810 bits per heavy atom. The summed E-state index contributed by atoms with van der Waals surface area (Å²) in [7, 11) is 9.58. The van der Waals surface area contributed by atoms with Crippen molar-refractivity contribution in [2.45, 2.75) is 70.9 Å². The Labute approximate surface area is 260 Å². The molecule has 3 aliphatic rings. The minimum absolute atomic E-state index is 0.128. The summed E-state index contributed by atoms with van der Waals surface area (Å²) in [6.07, 6.45) is 11.1. The minimum atomic E-state index is -0.636. The van der Waals surface area contributed by atoms with Gasteiger partial charge in [0.05, 0.1) is 14.2 Å². The van der Waals surface area contributed by atoms with Gasteiger partial charge in [0.15, 0.2) is 5.72 Å². The van der Waals surface area contributed by atoms with Crippen molar-refractivity contribution in [1.82, 2.24) is 0 Å². The van der Waals surface area contributed by atoms with E-state index < -0.39 is 5.72 Å². The van der Waals surface area contributed by atoms with Crippen molar-refractivity contribution in [3.63, 3.8) is 0 Å². The van der Waals surface area contributed by atoms with Gasteiger partial charge < -0.3 is 24.0 Å². The summed E-state index contributed by atoms with van der Waals surface area (Å²) in [5.41, 5.74) is 10.2. The van der Waals surface area contributed by atoms with Gasteiger partial charge in [0.2, 0.25) is 0 Å². The first-order valence-electron chi connectivity index (χ1n) is 14.7. The summed E-state index contributed by atoms with van der Waals surface area (Å²) in [5.74, 6) is 1.79. The lowest BCUT2D eigenvalue weighted by Gasteiger charge is -2.43. The molecule has 224 valence electrons. The Morgan fingerprint density at radius 3 is 2.00 bits per heavy atom. The maximum Gasteiger partial charge on any atom is 0.169 e. The molecule has 1 unspecified atom stereocenters. The van der Waals surface area contributed by atoms with Gasteiger partial charge in [0, 0.05) is 53.6 Å². The van der Waals surface area contributed by atoms with Gasteiger partial charge in [-0.2, -0.15) is 0 Å². The van der Waals surface area contributed by atoms with E-state index in [2.05, 4.69) is 130 Å². The standard InChI is InChI=1S/C36H45BrN2O3/c1-22-18-26(40-9)20-28-32(22)38(7)30(34(28,3)4)15-14-24-12-13-25(31(24)37)16-17-36(42-11)35(5,6)29-21-27(41-10)19-23(2)33(29)39(36)8/h14-21H,12-13H2,1-11H3. The van der Waals surface area contributed by atoms with Crippen LogP contribution >= 0.6 is 15.9 Å². The second-order valence-electron chi connectivity index (χ2n) is 12.9. The summed E-state index contributed by atoms with van der Waals surface area (Å²) in [6, 6.07) is 8.56. The number of anilines is 2. The van der Waals surface area contributed by atoms with Crippen LogP contribution in [0.3, 0.4) is 0 Å². The maximum atomic E-state index is 6.39. The highest BCUT2D eigenvalue weighted by Crippen LogP contribution is 2.55. The minimum Gasteiger partial charge on any atom is -0.497 e. The summed E-state index contributed by atoms with van der Waals surface area (Å²) in [5, 5.41) is 0. The fraction of sp³-hybridized carbons (Fsp3) is 0.444. The van der Waals surface area contributed by atoms with Crippen molar-refractivity contribution < 1.29 is 14.2 Å². The second-order valence-corrected chi connectivity index (χ2v) is 13.7. The van der Waals surface area contributed by atoms with E-state index in [1.54, 1.807) is 14.2 Å². The zero-order valence-electron chi connectivity index (χ0n) is 27.0. The highest BCUT2D eigenvalue weighted by atomic mass is 79.9. The fourth-order valence-electron chi connectivity index (χ4n) is 7.53. The molecule has 2 aliphatic heterocycles. The van der Waals surface area contributed by atoms with Crippen LogP contribution in [0.25, 0.3) is 0 Å². The first kappa shape index (κ1) is 30.5. The average Bonchev–Trinajstić information content (AvgIpc) is 3.45. The molecule has 0 spiro atoms. The monoisotopic (exact) mass is 632 g/mol. The normalized spacial score (nSPS) is 24.4. The van der Waals surface area contributed by atoms with Crippen LogP contribution in [0.2, 0.25) is 0 Å². The lowest BCUT2D eigenvalue weighted by Crippen LogP contribution is -2.54. The van der Waals surface area contributed by atoms with Crippen LogP contribution in [0, 0.1) is 13.8 Å². The van der Waals surface area contributed by atoms with Crippen LogP contribution in [0.5, 0.6) is 11.5 Å². The summed E-state index contributed by atoms with van der Waals surface area (Å²) in [4.78, 5) is 4.62. The summed E-state index contributed by atoms with van der Waals surface area (Å²) in [6.45, 7) is 13.4. The van der Waals surface area contributed by atoms with E-state index >= 15 is 0 Å². The Morgan fingerprint density at radius 2 is 1.40 bits per heavy atom. The molecule has 2 heterocycles. The van der Waals surface area contributed by atoms with E-state index in [0.29, 0.717) is 0 Å².